The molecule has 4 aromatic rings. The van der Waals surface area contributed by atoms with Crippen molar-refractivity contribution in [2.75, 3.05) is 58.7 Å². The Labute approximate surface area is 293 Å². The molecule has 2 aromatic carbocycles. The Bertz CT molecular complexity index is 1870. The van der Waals surface area contributed by atoms with Gasteiger partial charge in [0.25, 0.3) is 11.8 Å². The molecule has 3 heterocycles. The van der Waals surface area contributed by atoms with Gasteiger partial charge in [-0.15, -0.1) is 0 Å². The number of nitrogens with one attached hydrogen (secondary N) is 1. The number of hydrogen-bond donors (Lipinski definition) is 2. The minimum atomic E-state index is -5.08. The number of benzene rings is 2. The number of rotatable bonds is 9. The Morgan fingerprint density at radius 1 is 1.00 bits per heavy atom. The van der Waals surface area contributed by atoms with E-state index in [1.807, 2.05) is 14.1 Å². The Kier molecular flexibility index (Phi) is 12.6. The van der Waals surface area contributed by atoms with Crippen molar-refractivity contribution in [3.05, 3.63) is 83.0 Å². The summed E-state index contributed by atoms with van der Waals surface area (Å²) in [7, 11) is 5.57. The van der Waals surface area contributed by atoms with Crippen LogP contribution in [0, 0.1) is 11.6 Å². The SMILES string of the molecule is CN(C)CCN1CCN(C(=O)c2ccc(NC(=O)c3ncc(-c4ccc(Oc5ncccn5)c(F)c4F)n3C)cc2Cl)CC1.O=C(O)C(F)(F)F. The predicted molar refractivity (Wildman–Crippen MR) is 175 cm³/mol. The number of amides is 2. The van der Waals surface area contributed by atoms with Crippen molar-refractivity contribution in [1.29, 1.82) is 0 Å². The number of carbonyl (C=O) groups is 3. The lowest BCUT2D eigenvalue weighted by Gasteiger charge is -2.35. The molecule has 2 aromatic heterocycles. The molecule has 2 amide bonds. The molecule has 2 N–H and O–H groups in total. The van der Waals surface area contributed by atoms with Crippen molar-refractivity contribution in [3.8, 4) is 23.0 Å². The normalized spacial score (nSPS) is 13.4. The lowest BCUT2D eigenvalue weighted by molar-refractivity contribution is -0.192. The number of aromatic nitrogens is 4. The van der Waals surface area contributed by atoms with Crippen LogP contribution in [-0.4, -0.2) is 117 Å². The molecule has 0 spiro atoms. The summed E-state index contributed by atoms with van der Waals surface area (Å²) in [6, 6.07) is 8.63. The van der Waals surface area contributed by atoms with Crippen molar-refractivity contribution >= 4 is 35.1 Å². The van der Waals surface area contributed by atoms with Crippen LogP contribution < -0.4 is 10.1 Å². The fraction of sp³-hybridized carbons (Fsp3) is 0.312. The number of hydrogen-bond acceptors (Lipinski definition) is 9. The minimum absolute atomic E-state index is 0.0544. The summed E-state index contributed by atoms with van der Waals surface area (Å²) < 4.78 is 68.2. The van der Waals surface area contributed by atoms with Gasteiger partial charge in [0.2, 0.25) is 5.82 Å². The highest BCUT2D eigenvalue weighted by molar-refractivity contribution is 6.34. The Hall–Kier alpha value is -5.20. The topological polar surface area (TPSA) is 146 Å². The Morgan fingerprint density at radius 2 is 1.65 bits per heavy atom. The van der Waals surface area contributed by atoms with E-state index in [1.54, 1.807) is 23.1 Å². The lowest BCUT2D eigenvalue weighted by atomic mass is 10.1. The third-order valence-corrected chi connectivity index (χ3v) is 7.79. The second kappa shape index (κ2) is 16.7. The maximum absolute atomic E-state index is 15.1. The standard InChI is InChI=1S/C30H31ClF2N8O3.C2HF3O2/c1-38(2)11-12-40-13-15-41(16-14-40)29(43)20-6-5-19(17-22(20)31)37-28(42)27-36-18-23(39(27)3)21-7-8-24(26(33)25(21)32)44-30-34-9-4-10-35-30;3-2(4,5)1(6)7/h4-10,17-18H,11-16H2,1-3H3,(H,37,42);(H,6,7). The van der Waals surface area contributed by atoms with Gasteiger partial charge in [-0.2, -0.15) is 17.6 Å². The maximum Gasteiger partial charge on any atom is 0.490 e. The van der Waals surface area contributed by atoms with Crippen LogP contribution in [0.1, 0.15) is 21.0 Å². The maximum atomic E-state index is 15.1. The van der Waals surface area contributed by atoms with Crippen LogP contribution >= 0.6 is 11.6 Å². The van der Waals surface area contributed by atoms with Crippen LogP contribution in [0.15, 0.2) is 55.0 Å². The summed E-state index contributed by atoms with van der Waals surface area (Å²) in [5.41, 5.74) is 0.725. The molecule has 272 valence electrons. The zero-order valence-electron chi connectivity index (χ0n) is 27.4. The van der Waals surface area contributed by atoms with Crippen LogP contribution in [0.3, 0.4) is 0 Å². The highest BCUT2D eigenvalue weighted by Gasteiger charge is 2.38. The van der Waals surface area contributed by atoms with E-state index in [0.717, 1.165) is 26.2 Å². The van der Waals surface area contributed by atoms with Gasteiger partial charge >= 0.3 is 18.2 Å². The van der Waals surface area contributed by atoms with Gasteiger partial charge in [0.05, 0.1) is 22.5 Å². The molecule has 5 rings (SSSR count). The molecule has 1 aliphatic rings. The smallest absolute Gasteiger partial charge is 0.475 e. The Morgan fingerprint density at radius 3 is 2.24 bits per heavy atom. The van der Waals surface area contributed by atoms with Gasteiger partial charge < -0.3 is 29.5 Å². The van der Waals surface area contributed by atoms with E-state index in [2.05, 4.69) is 30.1 Å². The molecule has 0 bridgehead atoms. The second-order valence-corrected chi connectivity index (χ2v) is 11.7. The molecule has 0 saturated carbocycles. The van der Waals surface area contributed by atoms with Crippen LogP contribution in [0.4, 0.5) is 27.6 Å². The van der Waals surface area contributed by atoms with Crippen molar-refractivity contribution in [2.24, 2.45) is 7.05 Å². The zero-order valence-corrected chi connectivity index (χ0v) is 28.2. The van der Waals surface area contributed by atoms with Gasteiger partial charge in [-0.25, -0.2) is 24.1 Å². The number of imidazole rings is 1. The summed E-state index contributed by atoms with van der Waals surface area (Å²) in [6.07, 6.45) is -1.00. The molecule has 0 unspecified atom stereocenters. The van der Waals surface area contributed by atoms with Crippen LogP contribution in [0.5, 0.6) is 11.8 Å². The number of carboxylic acid groups (broad SMARTS) is 1. The first-order chi connectivity index (χ1) is 24.1. The van der Waals surface area contributed by atoms with E-state index in [1.165, 1.54) is 48.4 Å². The number of piperazine rings is 1. The lowest BCUT2D eigenvalue weighted by Crippen LogP contribution is -2.50. The number of anilines is 1. The van der Waals surface area contributed by atoms with Crippen LogP contribution in [0.25, 0.3) is 11.3 Å². The first kappa shape index (κ1) is 38.6. The van der Waals surface area contributed by atoms with Crippen molar-refractivity contribution in [1.82, 2.24) is 34.2 Å². The number of carboxylic acids is 1. The molecule has 19 heteroatoms. The third-order valence-electron chi connectivity index (χ3n) is 7.48. The van der Waals surface area contributed by atoms with Gasteiger partial charge in [0.15, 0.2) is 17.4 Å². The minimum Gasteiger partial charge on any atom is -0.475 e. The predicted octanol–water partition coefficient (Wildman–Crippen LogP) is 4.81. The first-order valence-electron chi connectivity index (χ1n) is 15.1. The van der Waals surface area contributed by atoms with Crippen LogP contribution in [0.2, 0.25) is 5.02 Å². The zero-order chi connectivity index (χ0) is 37.5. The fourth-order valence-electron chi connectivity index (χ4n) is 4.76. The highest BCUT2D eigenvalue weighted by atomic mass is 35.5. The number of ether oxygens (including phenoxy) is 1. The van der Waals surface area contributed by atoms with E-state index in [-0.39, 0.29) is 34.0 Å². The summed E-state index contributed by atoms with van der Waals surface area (Å²) in [6.45, 7) is 4.67. The van der Waals surface area contributed by atoms with Gasteiger partial charge in [-0.1, -0.05) is 11.6 Å². The number of aliphatic carboxylic acids is 1. The van der Waals surface area contributed by atoms with Gasteiger partial charge in [0.1, 0.15) is 0 Å². The van der Waals surface area contributed by atoms with Gasteiger partial charge in [0, 0.05) is 70.0 Å². The first-order valence-corrected chi connectivity index (χ1v) is 15.5. The molecular formula is C32H32ClF5N8O5. The third kappa shape index (κ3) is 9.95. The highest BCUT2D eigenvalue weighted by Crippen LogP contribution is 2.32. The van der Waals surface area contributed by atoms with Crippen molar-refractivity contribution < 1.29 is 46.2 Å². The molecule has 0 radical (unpaired) electrons. The molecule has 1 fully saturated rings. The Balaban J connectivity index is 0.000000755. The summed E-state index contributed by atoms with van der Waals surface area (Å²) in [5, 5.41) is 10.0. The quantitative estimate of drug-likeness (QED) is 0.230. The number of halogens is 6. The van der Waals surface area contributed by atoms with Crippen LogP contribution in [-0.2, 0) is 11.8 Å². The van der Waals surface area contributed by atoms with E-state index in [0.29, 0.717) is 24.3 Å². The summed E-state index contributed by atoms with van der Waals surface area (Å²) in [5.74, 6) is -6.40. The molecule has 13 nitrogen and oxygen atoms in total. The summed E-state index contributed by atoms with van der Waals surface area (Å²) in [4.78, 5) is 53.1. The van der Waals surface area contributed by atoms with Crippen molar-refractivity contribution in [2.45, 2.75) is 6.18 Å². The molecule has 51 heavy (non-hydrogen) atoms. The number of likely N-dealkylation sites (N-methyl/N-ethyl adjacent to an activating group) is 1. The fourth-order valence-corrected chi connectivity index (χ4v) is 5.02. The number of carbonyl (C=O) groups excluding carboxylic acids is 2. The molecular weight excluding hydrogens is 707 g/mol. The van der Waals surface area contributed by atoms with Gasteiger partial charge in [-0.05, 0) is 50.5 Å². The van der Waals surface area contributed by atoms with E-state index < -0.39 is 35.4 Å². The molecule has 0 atom stereocenters. The second-order valence-electron chi connectivity index (χ2n) is 11.3. The monoisotopic (exact) mass is 738 g/mol. The largest absolute Gasteiger partial charge is 0.490 e. The average Bonchev–Trinajstić information content (AvgIpc) is 3.47. The molecule has 1 aliphatic heterocycles. The van der Waals surface area contributed by atoms with Gasteiger partial charge in [-0.3, -0.25) is 14.5 Å². The summed E-state index contributed by atoms with van der Waals surface area (Å²) >= 11 is 6.47. The van der Waals surface area contributed by atoms with E-state index in [4.69, 9.17) is 26.2 Å². The average molecular weight is 739 g/mol. The van der Waals surface area contributed by atoms with E-state index in [9.17, 15) is 27.2 Å². The number of nitrogens with zero attached hydrogens (tertiary/aromatic N) is 7. The molecule has 0 aliphatic carbocycles. The molecule has 1 saturated heterocycles. The van der Waals surface area contributed by atoms with Crippen molar-refractivity contribution in [3.63, 3.8) is 0 Å². The van der Waals surface area contributed by atoms with E-state index >= 15 is 4.39 Å². The number of alkyl halides is 3.